The molecule has 0 saturated carbocycles. The summed E-state index contributed by atoms with van der Waals surface area (Å²) in [5.41, 5.74) is 2.96. The van der Waals surface area contributed by atoms with Crippen LogP contribution in [0.4, 0.5) is 4.79 Å². The number of carbonyl (C=O) groups is 1. The molecule has 1 saturated heterocycles. The third-order valence-corrected chi connectivity index (χ3v) is 5.58. The average molecular weight is 383 g/mol. The van der Waals surface area contributed by atoms with E-state index in [-0.39, 0.29) is 24.1 Å². The summed E-state index contributed by atoms with van der Waals surface area (Å²) in [6.07, 6.45) is 1.53. The standard InChI is InChI=1S/C23H30N2O3/c1-18-7-6-10-20(15-18)21(19-8-4-3-5-9-19)24-22(27)25(2)16-23(17-26)11-13-28-14-12-23/h3-10,15,21,26H,11-14,16-17H2,1-2H3,(H,24,27)/t21-/m0/s1. The highest BCUT2D eigenvalue weighted by molar-refractivity contribution is 5.75. The van der Waals surface area contributed by atoms with Gasteiger partial charge in [0.2, 0.25) is 0 Å². The smallest absolute Gasteiger partial charge is 0.317 e. The van der Waals surface area contributed by atoms with E-state index in [0.29, 0.717) is 19.8 Å². The van der Waals surface area contributed by atoms with Crippen LogP contribution < -0.4 is 5.32 Å². The van der Waals surface area contributed by atoms with Gasteiger partial charge in [-0.1, -0.05) is 60.2 Å². The predicted molar refractivity (Wildman–Crippen MR) is 110 cm³/mol. The average Bonchev–Trinajstić information content (AvgIpc) is 2.73. The van der Waals surface area contributed by atoms with Crippen molar-refractivity contribution in [3.8, 4) is 0 Å². The number of rotatable bonds is 6. The van der Waals surface area contributed by atoms with Gasteiger partial charge in [0.1, 0.15) is 0 Å². The summed E-state index contributed by atoms with van der Waals surface area (Å²) in [5.74, 6) is 0. The number of hydrogen-bond acceptors (Lipinski definition) is 3. The maximum absolute atomic E-state index is 13.0. The molecular weight excluding hydrogens is 352 g/mol. The minimum absolute atomic E-state index is 0.0635. The molecule has 0 spiro atoms. The Bertz CT molecular complexity index is 772. The van der Waals surface area contributed by atoms with E-state index >= 15 is 0 Å². The molecule has 0 unspecified atom stereocenters. The molecule has 5 heteroatoms. The van der Waals surface area contributed by atoms with Crippen LogP contribution in [0.15, 0.2) is 54.6 Å². The second-order valence-electron chi connectivity index (χ2n) is 7.83. The number of ether oxygens (including phenoxy) is 1. The molecule has 0 radical (unpaired) electrons. The Morgan fingerprint density at radius 3 is 2.46 bits per heavy atom. The number of amides is 2. The molecule has 28 heavy (non-hydrogen) atoms. The highest BCUT2D eigenvalue weighted by atomic mass is 16.5. The SMILES string of the molecule is Cc1cccc([C@@H](NC(=O)N(C)CC2(CO)CCOCC2)c2ccccc2)c1. The minimum Gasteiger partial charge on any atom is -0.396 e. The Hall–Kier alpha value is -2.37. The van der Waals surface area contributed by atoms with Gasteiger partial charge >= 0.3 is 6.03 Å². The van der Waals surface area contributed by atoms with Crippen LogP contribution in [0.2, 0.25) is 0 Å². The first kappa shape index (κ1) is 20.4. The molecule has 1 heterocycles. The molecule has 3 rings (SSSR count). The van der Waals surface area contributed by atoms with E-state index in [2.05, 4.69) is 24.4 Å². The van der Waals surface area contributed by atoms with Gasteiger partial charge in [0.05, 0.1) is 12.6 Å². The fraction of sp³-hybridized carbons (Fsp3) is 0.435. The van der Waals surface area contributed by atoms with Crippen molar-refractivity contribution in [3.63, 3.8) is 0 Å². The third kappa shape index (κ3) is 4.91. The third-order valence-electron chi connectivity index (χ3n) is 5.58. The molecule has 1 fully saturated rings. The van der Waals surface area contributed by atoms with Crippen LogP contribution in [0, 0.1) is 12.3 Å². The van der Waals surface area contributed by atoms with Crippen molar-refractivity contribution in [2.24, 2.45) is 5.41 Å². The molecule has 1 atom stereocenters. The van der Waals surface area contributed by atoms with E-state index in [1.54, 1.807) is 11.9 Å². The molecule has 0 aromatic heterocycles. The first-order chi connectivity index (χ1) is 13.5. The minimum atomic E-state index is -0.282. The number of urea groups is 1. The molecule has 1 aliphatic heterocycles. The lowest BCUT2D eigenvalue weighted by molar-refractivity contribution is -0.0261. The van der Waals surface area contributed by atoms with E-state index in [9.17, 15) is 9.90 Å². The van der Waals surface area contributed by atoms with E-state index < -0.39 is 0 Å². The molecule has 2 N–H and O–H groups in total. The highest BCUT2D eigenvalue weighted by Gasteiger charge is 2.34. The lowest BCUT2D eigenvalue weighted by Gasteiger charge is -2.38. The van der Waals surface area contributed by atoms with E-state index in [1.807, 2.05) is 42.5 Å². The quantitative estimate of drug-likeness (QED) is 0.804. The van der Waals surface area contributed by atoms with Crippen molar-refractivity contribution in [2.45, 2.75) is 25.8 Å². The molecule has 1 aliphatic rings. The summed E-state index contributed by atoms with van der Waals surface area (Å²) in [5, 5.41) is 13.1. The normalized spacial score (nSPS) is 17.0. The second kappa shape index (κ2) is 9.22. The molecule has 0 bridgehead atoms. The van der Waals surface area contributed by atoms with Crippen LogP contribution >= 0.6 is 0 Å². The van der Waals surface area contributed by atoms with Gasteiger partial charge in [-0.2, -0.15) is 0 Å². The van der Waals surface area contributed by atoms with Crippen molar-refractivity contribution in [3.05, 3.63) is 71.3 Å². The van der Waals surface area contributed by atoms with E-state index in [0.717, 1.165) is 29.5 Å². The van der Waals surface area contributed by atoms with Crippen molar-refractivity contribution < 1.29 is 14.6 Å². The molecule has 2 aromatic rings. The summed E-state index contributed by atoms with van der Waals surface area (Å²) in [6, 6.07) is 17.8. The van der Waals surface area contributed by atoms with Crippen molar-refractivity contribution >= 4 is 6.03 Å². The second-order valence-corrected chi connectivity index (χ2v) is 7.83. The first-order valence-electron chi connectivity index (χ1n) is 9.85. The van der Waals surface area contributed by atoms with Gasteiger partial charge in [-0.3, -0.25) is 0 Å². The molecule has 150 valence electrons. The van der Waals surface area contributed by atoms with Crippen molar-refractivity contribution in [1.29, 1.82) is 0 Å². The monoisotopic (exact) mass is 382 g/mol. The van der Waals surface area contributed by atoms with E-state index in [1.165, 1.54) is 0 Å². The highest BCUT2D eigenvalue weighted by Crippen LogP contribution is 2.31. The molecule has 5 nitrogen and oxygen atoms in total. The van der Waals surface area contributed by atoms with Gasteiger partial charge in [-0.15, -0.1) is 0 Å². The number of hydrogen-bond donors (Lipinski definition) is 2. The van der Waals surface area contributed by atoms with Gasteiger partial charge in [0, 0.05) is 32.2 Å². The number of carbonyl (C=O) groups excluding carboxylic acids is 1. The zero-order valence-corrected chi connectivity index (χ0v) is 16.7. The predicted octanol–water partition coefficient (Wildman–Crippen LogP) is 3.51. The Labute approximate surface area is 167 Å². The molecule has 2 amide bonds. The Balaban J connectivity index is 1.77. The lowest BCUT2D eigenvalue weighted by atomic mass is 9.80. The van der Waals surface area contributed by atoms with Gasteiger partial charge < -0.3 is 20.1 Å². The van der Waals surface area contributed by atoms with Gasteiger partial charge in [-0.05, 0) is 30.9 Å². The fourth-order valence-corrected chi connectivity index (χ4v) is 3.83. The van der Waals surface area contributed by atoms with E-state index in [4.69, 9.17) is 4.74 Å². The van der Waals surface area contributed by atoms with Crippen LogP contribution in [-0.4, -0.2) is 49.5 Å². The van der Waals surface area contributed by atoms with Gasteiger partial charge in [-0.25, -0.2) is 4.79 Å². The summed E-state index contributed by atoms with van der Waals surface area (Å²) in [6.45, 7) is 3.88. The van der Waals surface area contributed by atoms with Crippen LogP contribution in [0.1, 0.15) is 35.6 Å². The molecule has 0 aliphatic carbocycles. The number of aliphatic hydroxyl groups is 1. The summed E-state index contributed by atoms with van der Waals surface area (Å²) >= 11 is 0. The number of nitrogens with zero attached hydrogens (tertiary/aromatic N) is 1. The van der Waals surface area contributed by atoms with Crippen molar-refractivity contribution in [2.75, 3.05) is 33.4 Å². The number of aliphatic hydroxyl groups excluding tert-OH is 1. The topological polar surface area (TPSA) is 61.8 Å². The number of benzene rings is 2. The van der Waals surface area contributed by atoms with Gasteiger partial charge in [0.25, 0.3) is 0 Å². The number of nitrogens with one attached hydrogen (secondary N) is 1. The van der Waals surface area contributed by atoms with Gasteiger partial charge in [0.15, 0.2) is 0 Å². The van der Waals surface area contributed by atoms with Crippen LogP contribution in [-0.2, 0) is 4.74 Å². The Kier molecular flexibility index (Phi) is 6.70. The summed E-state index contributed by atoms with van der Waals surface area (Å²) < 4.78 is 5.43. The molecular formula is C23H30N2O3. The Morgan fingerprint density at radius 2 is 1.82 bits per heavy atom. The Morgan fingerprint density at radius 1 is 1.14 bits per heavy atom. The zero-order chi connectivity index (χ0) is 20.0. The fourth-order valence-electron chi connectivity index (χ4n) is 3.83. The molecule has 2 aromatic carbocycles. The first-order valence-corrected chi connectivity index (χ1v) is 9.85. The zero-order valence-electron chi connectivity index (χ0n) is 16.7. The van der Waals surface area contributed by atoms with Crippen LogP contribution in [0.5, 0.6) is 0 Å². The number of aryl methyl sites for hydroxylation is 1. The van der Waals surface area contributed by atoms with Crippen LogP contribution in [0.25, 0.3) is 0 Å². The summed E-state index contributed by atoms with van der Waals surface area (Å²) in [4.78, 5) is 14.7. The maximum Gasteiger partial charge on any atom is 0.317 e. The van der Waals surface area contributed by atoms with Crippen molar-refractivity contribution in [1.82, 2.24) is 10.2 Å². The largest absolute Gasteiger partial charge is 0.396 e. The maximum atomic E-state index is 13.0. The lowest BCUT2D eigenvalue weighted by Crippen LogP contribution is -2.48. The van der Waals surface area contributed by atoms with Crippen LogP contribution in [0.3, 0.4) is 0 Å². The summed E-state index contributed by atoms with van der Waals surface area (Å²) in [7, 11) is 1.79.